The number of hydrogen-bond acceptors (Lipinski definition) is 1. The van der Waals surface area contributed by atoms with Gasteiger partial charge in [-0.15, -0.1) is 0 Å². The largest absolute Gasteiger partial charge is 0.464 e. The summed E-state index contributed by atoms with van der Waals surface area (Å²) in [6, 6.07) is 9.40. The second kappa shape index (κ2) is 2.82. The zero-order chi connectivity index (χ0) is 9.26. The summed E-state index contributed by atoms with van der Waals surface area (Å²) in [5.41, 5.74) is 3.11. The van der Waals surface area contributed by atoms with Crippen LogP contribution in [0.5, 0.6) is 0 Å². The van der Waals surface area contributed by atoms with Gasteiger partial charge in [-0.3, -0.25) is 4.68 Å². The van der Waals surface area contributed by atoms with Crippen molar-refractivity contribution in [2.45, 2.75) is 0 Å². The van der Waals surface area contributed by atoms with Gasteiger partial charge in [-0.05, 0) is 12.1 Å². The molecule has 66 valence electrons. The van der Waals surface area contributed by atoms with Gasteiger partial charge in [-0.1, -0.05) is 18.2 Å². The Bertz CT molecular complexity index is 448. The molecular formula is C9H8N2O2. The van der Waals surface area contributed by atoms with Crippen LogP contribution in [0.2, 0.25) is 0 Å². The highest BCUT2D eigenvalue weighted by Gasteiger charge is 2.00. The molecule has 0 saturated heterocycles. The fraction of sp³-hybridized carbons (Fsp3) is 0. The van der Waals surface area contributed by atoms with Gasteiger partial charge in [0.1, 0.15) is 0 Å². The van der Waals surface area contributed by atoms with Crippen molar-refractivity contribution in [3.63, 3.8) is 0 Å². The number of carbonyl (C=O) groups is 1. The fourth-order valence-corrected chi connectivity index (χ4v) is 1.28. The summed E-state index contributed by atoms with van der Waals surface area (Å²) in [4.78, 5) is 10.4. The van der Waals surface area contributed by atoms with Crippen molar-refractivity contribution in [2.75, 3.05) is 5.43 Å². The van der Waals surface area contributed by atoms with Crippen LogP contribution in [0.1, 0.15) is 0 Å². The summed E-state index contributed by atoms with van der Waals surface area (Å²) in [6.07, 6.45) is 0.611. The minimum Gasteiger partial charge on any atom is -0.464 e. The lowest BCUT2D eigenvalue weighted by Crippen LogP contribution is -2.19. The average Bonchev–Trinajstić information content (AvgIpc) is 2.48. The van der Waals surface area contributed by atoms with Crippen molar-refractivity contribution in [3.8, 4) is 0 Å². The number of benzene rings is 1. The third kappa shape index (κ3) is 1.33. The van der Waals surface area contributed by atoms with Crippen LogP contribution < -0.4 is 5.43 Å². The van der Waals surface area contributed by atoms with Crippen LogP contribution in [0.3, 0.4) is 0 Å². The number of para-hydroxylation sites is 1. The summed E-state index contributed by atoms with van der Waals surface area (Å²) >= 11 is 0. The molecule has 2 rings (SSSR count). The van der Waals surface area contributed by atoms with E-state index in [0.29, 0.717) is 0 Å². The molecule has 1 heterocycles. The van der Waals surface area contributed by atoms with Crippen LogP contribution in [0.15, 0.2) is 36.5 Å². The van der Waals surface area contributed by atoms with Crippen molar-refractivity contribution in [2.24, 2.45) is 0 Å². The smallest absolute Gasteiger partial charge is 0.423 e. The molecule has 1 amide bonds. The molecule has 0 saturated carbocycles. The molecule has 4 nitrogen and oxygen atoms in total. The van der Waals surface area contributed by atoms with E-state index in [-0.39, 0.29) is 0 Å². The minimum absolute atomic E-state index is 0.852. The molecule has 0 aliphatic carbocycles. The highest BCUT2D eigenvalue weighted by atomic mass is 16.4. The Hall–Kier alpha value is -1.97. The Balaban J connectivity index is 2.51. The zero-order valence-corrected chi connectivity index (χ0v) is 6.77. The standard InChI is InChI=1S/C9H8N2O2/c12-9(13)10-11-6-5-7-3-1-2-4-8(7)11/h1-6,10H,(H,12,13). The van der Waals surface area contributed by atoms with Crippen molar-refractivity contribution >= 4 is 17.0 Å². The number of nitrogens with one attached hydrogen (secondary N) is 1. The van der Waals surface area contributed by atoms with Gasteiger partial charge >= 0.3 is 6.09 Å². The molecule has 0 spiro atoms. The predicted octanol–water partition coefficient (Wildman–Crippen LogP) is 1.86. The Morgan fingerprint density at radius 2 is 2.08 bits per heavy atom. The first kappa shape index (κ1) is 7.67. The molecule has 0 radical (unpaired) electrons. The van der Waals surface area contributed by atoms with Gasteiger partial charge in [0.2, 0.25) is 0 Å². The summed E-state index contributed by atoms with van der Waals surface area (Å²) in [5.74, 6) is 0. The number of amides is 1. The molecule has 1 aromatic carbocycles. The molecular weight excluding hydrogens is 168 g/mol. The molecule has 0 aliphatic heterocycles. The molecule has 1 aromatic heterocycles. The van der Waals surface area contributed by atoms with Crippen LogP contribution in [0.4, 0.5) is 4.79 Å². The molecule has 0 aliphatic rings. The molecule has 4 heteroatoms. The highest BCUT2D eigenvalue weighted by Crippen LogP contribution is 2.12. The molecule has 2 N–H and O–H groups in total. The fourth-order valence-electron chi connectivity index (χ4n) is 1.28. The second-order valence-corrected chi connectivity index (χ2v) is 2.66. The van der Waals surface area contributed by atoms with Crippen LogP contribution >= 0.6 is 0 Å². The number of fused-ring (bicyclic) bond motifs is 1. The van der Waals surface area contributed by atoms with Gasteiger partial charge in [-0.25, -0.2) is 10.2 Å². The van der Waals surface area contributed by atoms with Crippen LogP contribution in [0.25, 0.3) is 10.9 Å². The van der Waals surface area contributed by atoms with Crippen molar-refractivity contribution in [1.29, 1.82) is 0 Å². The third-order valence-electron chi connectivity index (χ3n) is 1.82. The molecule has 2 aromatic rings. The molecule has 0 bridgehead atoms. The monoisotopic (exact) mass is 176 g/mol. The number of nitrogens with zero attached hydrogens (tertiary/aromatic N) is 1. The first-order valence-electron chi connectivity index (χ1n) is 3.83. The SMILES string of the molecule is O=C(O)Nn1ccc2ccccc21. The van der Waals surface area contributed by atoms with E-state index in [1.807, 2.05) is 30.3 Å². The third-order valence-corrected chi connectivity index (χ3v) is 1.82. The summed E-state index contributed by atoms with van der Waals surface area (Å²) in [6.45, 7) is 0. The van der Waals surface area contributed by atoms with Crippen molar-refractivity contribution in [3.05, 3.63) is 36.5 Å². The molecule has 0 unspecified atom stereocenters. The van der Waals surface area contributed by atoms with E-state index < -0.39 is 6.09 Å². The molecule has 13 heavy (non-hydrogen) atoms. The van der Waals surface area contributed by atoms with Gasteiger partial charge in [-0.2, -0.15) is 0 Å². The van der Waals surface area contributed by atoms with E-state index in [1.165, 1.54) is 4.68 Å². The Morgan fingerprint density at radius 3 is 2.85 bits per heavy atom. The maximum atomic E-state index is 10.4. The van der Waals surface area contributed by atoms with Crippen molar-refractivity contribution in [1.82, 2.24) is 4.68 Å². The Morgan fingerprint density at radius 1 is 1.31 bits per heavy atom. The van der Waals surface area contributed by atoms with Crippen LogP contribution in [-0.4, -0.2) is 15.9 Å². The highest BCUT2D eigenvalue weighted by molar-refractivity contribution is 5.83. The van der Waals surface area contributed by atoms with E-state index in [9.17, 15) is 4.79 Å². The van der Waals surface area contributed by atoms with Gasteiger partial charge in [0.25, 0.3) is 0 Å². The van der Waals surface area contributed by atoms with Crippen LogP contribution in [-0.2, 0) is 0 Å². The molecule has 0 fully saturated rings. The summed E-state index contributed by atoms with van der Waals surface area (Å²) < 4.78 is 1.47. The van der Waals surface area contributed by atoms with E-state index in [1.54, 1.807) is 6.20 Å². The van der Waals surface area contributed by atoms with Crippen molar-refractivity contribution < 1.29 is 9.90 Å². The Labute approximate surface area is 74.4 Å². The second-order valence-electron chi connectivity index (χ2n) is 2.66. The number of rotatable bonds is 1. The van der Waals surface area contributed by atoms with E-state index in [0.717, 1.165) is 10.9 Å². The zero-order valence-electron chi connectivity index (χ0n) is 6.77. The van der Waals surface area contributed by atoms with Gasteiger partial charge in [0.15, 0.2) is 0 Å². The van der Waals surface area contributed by atoms with Gasteiger partial charge in [0, 0.05) is 11.6 Å². The van der Waals surface area contributed by atoms with Gasteiger partial charge in [0.05, 0.1) is 5.52 Å². The lowest BCUT2D eigenvalue weighted by molar-refractivity contribution is 0.206. The number of hydrogen-bond donors (Lipinski definition) is 2. The summed E-state index contributed by atoms with van der Waals surface area (Å²) in [7, 11) is 0. The first-order valence-corrected chi connectivity index (χ1v) is 3.83. The molecule has 0 atom stereocenters. The minimum atomic E-state index is -1.07. The maximum absolute atomic E-state index is 10.4. The van der Waals surface area contributed by atoms with Crippen LogP contribution in [0, 0.1) is 0 Å². The predicted molar refractivity (Wildman–Crippen MR) is 49.3 cm³/mol. The van der Waals surface area contributed by atoms with E-state index in [4.69, 9.17) is 5.11 Å². The van der Waals surface area contributed by atoms with E-state index in [2.05, 4.69) is 5.43 Å². The number of aromatic nitrogens is 1. The lowest BCUT2D eigenvalue weighted by atomic mass is 10.3. The topological polar surface area (TPSA) is 54.3 Å². The summed E-state index contributed by atoms with van der Waals surface area (Å²) in [5, 5.41) is 9.52. The number of carboxylic acid groups (broad SMARTS) is 1. The average molecular weight is 176 g/mol. The maximum Gasteiger partial charge on any atom is 0.423 e. The Kier molecular flexibility index (Phi) is 1.66. The van der Waals surface area contributed by atoms with Gasteiger partial charge < -0.3 is 5.11 Å². The van der Waals surface area contributed by atoms with E-state index >= 15 is 0 Å². The first-order chi connectivity index (χ1) is 6.27. The quantitative estimate of drug-likeness (QED) is 0.696. The lowest BCUT2D eigenvalue weighted by Gasteiger charge is -2.02. The normalized spacial score (nSPS) is 10.2.